The van der Waals surface area contributed by atoms with E-state index in [9.17, 15) is 8.42 Å². The molecule has 0 saturated carbocycles. The van der Waals surface area contributed by atoms with E-state index in [1.807, 2.05) is 24.3 Å². The van der Waals surface area contributed by atoms with E-state index in [0.717, 1.165) is 5.56 Å². The quantitative estimate of drug-likeness (QED) is 0.906. The summed E-state index contributed by atoms with van der Waals surface area (Å²) in [6, 6.07) is 10.8. The van der Waals surface area contributed by atoms with Gasteiger partial charge in [0.05, 0.1) is 0 Å². The number of hydrogen-bond donors (Lipinski definition) is 1. The molecule has 118 valence electrons. The van der Waals surface area contributed by atoms with Crippen LogP contribution in [0.25, 0.3) is 0 Å². The van der Waals surface area contributed by atoms with Crippen LogP contribution in [0.15, 0.2) is 47.5 Å². The number of halogens is 1. The van der Waals surface area contributed by atoms with E-state index in [0.29, 0.717) is 17.4 Å². The van der Waals surface area contributed by atoms with E-state index >= 15 is 0 Å². The first-order valence-electron chi connectivity index (χ1n) is 6.85. The molecule has 4 nitrogen and oxygen atoms in total. The van der Waals surface area contributed by atoms with Crippen molar-refractivity contribution in [2.75, 3.05) is 18.1 Å². The van der Waals surface area contributed by atoms with Crippen LogP contribution in [0.3, 0.4) is 0 Å². The average Bonchev–Trinajstić information content (AvgIpc) is 2.44. The van der Waals surface area contributed by atoms with Crippen molar-refractivity contribution in [3.63, 3.8) is 0 Å². The Balaban J connectivity index is 2.23. The van der Waals surface area contributed by atoms with Crippen LogP contribution in [-0.4, -0.2) is 26.2 Å². The monoisotopic (exact) mass is 338 g/mol. The number of benzene rings is 1. The third-order valence-corrected chi connectivity index (χ3v) is 4.84. The van der Waals surface area contributed by atoms with Gasteiger partial charge in [-0.1, -0.05) is 37.6 Å². The number of anilines is 1. The van der Waals surface area contributed by atoms with E-state index in [-0.39, 0.29) is 10.3 Å². The van der Waals surface area contributed by atoms with Crippen molar-refractivity contribution < 1.29 is 8.42 Å². The zero-order valence-electron chi connectivity index (χ0n) is 12.8. The summed E-state index contributed by atoms with van der Waals surface area (Å²) in [7, 11) is -3.32. The molecule has 0 aliphatic heterocycles. The minimum absolute atomic E-state index is 0.205. The highest BCUT2D eigenvalue weighted by Crippen LogP contribution is 2.27. The van der Waals surface area contributed by atoms with Crippen molar-refractivity contribution >= 4 is 27.3 Å². The molecule has 22 heavy (non-hydrogen) atoms. The minimum atomic E-state index is -3.32. The lowest BCUT2D eigenvalue weighted by atomic mass is 9.84. The highest BCUT2D eigenvalue weighted by molar-refractivity contribution is 7.90. The standard InChI is InChI=1S/C16H19ClN2O2S/c1-16(2,12-6-4-7-13(17)10-12)11-19-15-14(22(3,20)21)8-5-9-18-15/h4-10H,11H2,1-3H3,(H,18,19). The van der Waals surface area contributed by atoms with Crippen molar-refractivity contribution in [1.29, 1.82) is 0 Å². The molecule has 0 aliphatic rings. The second-order valence-electron chi connectivity index (χ2n) is 5.87. The molecule has 0 atom stereocenters. The van der Waals surface area contributed by atoms with E-state index in [1.54, 1.807) is 18.3 Å². The van der Waals surface area contributed by atoms with Crippen molar-refractivity contribution in [1.82, 2.24) is 4.98 Å². The Labute approximate surface area is 136 Å². The number of aromatic nitrogens is 1. The molecular formula is C16H19ClN2O2S. The predicted molar refractivity (Wildman–Crippen MR) is 90.3 cm³/mol. The Bertz CT molecular complexity index is 773. The Morgan fingerprint density at radius 2 is 1.95 bits per heavy atom. The second kappa shape index (κ2) is 6.26. The van der Waals surface area contributed by atoms with Crippen LogP contribution in [-0.2, 0) is 15.3 Å². The Hall–Kier alpha value is -1.59. The first-order valence-corrected chi connectivity index (χ1v) is 9.12. The molecule has 0 fully saturated rings. The number of pyridine rings is 1. The normalized spacial score (nSPS) is 12.2. The third kappa shape index (κ3) is 3.99. The summed E-state index contributed by atoms with van der Waals surface area (Å²) < 4.78 is 23.6. The van der Waals surface area contributed by atoms with Crippen LogP contribution in [0.2, 0.25) is 5.02 Å². The first kappa shape index (κ1) is 16.8. The molecule has 0 unspecified atom stereocenters. The van der Waals surface area contributed by atoms with Gasteiger partial charge in [-0.2, -0.15) is 0 Å². The summed E-state index contributed by atoms with van der Waals surface area (Å²) in [5.74, 6) is 0.375. The molecule has 0 saturated heterocycles. The lowest BCUT2D eigenvalue weighted by Crippen LogP contribution is -2.28. The maximum absolute atomic E-state index is 11.8. The van der Waals surface area contributed by atoms with Crippen LogP contribution in [0.1, 0.15) is 19.4 Å². The zero-order valence-corrected chi connectivity index (χ0v) is 14.4. The van der Waals surface area contributed by atoms with Gasteiger partial charge in [-0.25, -0.2) is 13.4 Å². The van der Waals surface area contributed by atoms with Gasteiger partial charge < -0.3 is 5.32 Å². The maximum Gasteiger partial charge on any atom is 0.179 e. The van der Waals surface area contributed by atoms with Gasteiger partial charge in [-0.05, 0) is 29.8 Å². The molecule has 0 spiro atoms. The summed E-state index contributed by atoms with van der Waals surface area (Å²) >= 11 is 6.04. The molecule has 2 aromatic rings. The van der Waals surface area contributed by atoms with Gasteiger partial charge in [0, 0.05) is 29.4 Å². The first-order chi connectivity index (χ1) is 10.2. The minimum Gasteiger partial charge on any atom is -0.368 e. The Morgan fingerprint density at radius 1 is 1.23 bits per heavy atom. The third-order valence-electron chi connectivity index (χ3n) is 3.47. The summed E-state index contributed by atoms with van der Waals surface area (Å²) in [4.78, 5) is 4.35. The Morgan fingerprint density at radius 3 is 2.59 bits per heavy atom. The smallest absolute Gasteiger partial charge is 0.179 e. The lowest BCUT2D eigenvalue weighted by molar-refractivity contribution is 0.555. The van der Waals surface area contributed by atoms with Crippen molar-refractivity contribution in [2.24, 2.45) is 0 Å². The number of hydrogen-bond acceptors (Lipinski definition) is 4. The summed E-state index contributed by atoms with van der Waals surface area (Å²) in [6.07, 6.45) is 2.75. The van der Waals surface area contributed by atoms with Gasteiger partial charge in [0.25, 0.3) is 0 Å². The average molecular weight is 339 g/mol. The molecule has 2 rings (SSSR count). The molecule has 6 heteroatoms. The topological polar surface area (TPSA) is 59.1 Å². The van der Waals surface area contributed by atoms with E-state index < -0.39 is 9.84 Å². The molecular weight excluding hydrogens is 320 g/mol. The second-order valence-corrected chi connectivity index (χ2v) is 8.29. The van der Waals surface area contributed by atoms with Gasteiger partial charge in [-0.15, -0.1) is 0 Å². The number of rotatable bonds is 5. The molecule has 0 radical (unpaired) electrons. The van der Waals surface area contributed by atoms with Crippen LogP contribution in [0.5, 0.6) is 0 Å². The largest absolute Gasteiger partial charge is 0.368 e. The summed E-state index contributed by atoms with van der Waals surface area (Å²) in [5.41, 5.74) is 0.848. The van der Waals surface area contributed by atoms with Gasteiger partial charge in [0.1, 0.15) is 10.7 Å². The van der Waals surface area contributed by atoms with Crippen LogP contribution in [0, 0.1) is 0 Å². The van der Waals surface area contributed by atoms with Gasteiger partial charge >= 0.3 is 0 Å². The van der Waals surface area contributed by atoms with Crippen LogP contribution >= 0.6 is 11.6 Å². The lowest BCUT2D eigenvalue weighted by Gasteiger charge is -2.26. The van der Waals surface area contributed by atoms with E-state index in [4.69, 9.17) is 11.6 Å². The van der Waals surface area contributed by atoms with Crippen molar-refractivity contribution in [3.05, 3.63) is 53.2 Å². The van der Waals surface area contributed by atoms with Gasteiger partial charge in [0.2, 0.25) is 0 Å². The highest BCUT2D eigenvalue weighted by atomic mass is 35.5. The number of nitrogens with zero attached hydrogens (tertiary/aromatic N) is 1. The van der Waals surface area contributed by atoms with Crippen molar-refractivity contribution in [2.45, 2.75) is 24.2 Å². The van der Waals surface area contributed by atoms with E-state index in [2.05, 4.69) is 24.1 Å². The Kier molecular flexibility index (Phi) is 4.78. The SMILES string of the molecule is CC(C)(CNc1ncccc1S(C)(=O)=O)c1cccc(Cl)c1. The predicted octanol–water partition coefficient (Wildman–Crippen LogP) is 3.53. The van der Waals surface area contributed by atoms with Crippen LogP contribution in [0.4, 0.5) is 5.82 Å². The van der Waals surface area contributed by atoms with Gasteiger partial charge in [0.15, 0.2) is 9.84 Å². The summed E-state index contributed by atoms with van der Waals surface area (Å²) in [5, 5.41) is 3.83. The van der Waals surface area contributed by atoms with E-state index in [1.165, 1.54) is 6.26 Å². The molecule has 1 N–H and O–H groups in total. The highest BCUT2D eigenvalue weighted by Gasteiger charge is 2.22. The summed E-state index contributed by atoms with van der Waals surface area (Å²) in [6.45, 7) is 4.66. The molecule has 1 aromatic heterocycles. The molecule has 1 heterocycles. The molecule has 0 bridgehead atoms. The fraction of sp³-hybridized carbons (Fsp3) is 0.312. The number of nitrogens with one attached hydrogen (secondary N) is 1. The molecule has 0 amide bonds. The van der Waals surface area contributed by atoms with Crippen LogP contribution < -0.4 is 5.32 Å². The van der Waals surface area contributed by atoms with Crippen molar-refractivity contribution in [3.8, 4) is 0 Å². The molecule has 1 aromatic carbocycles. The zero-order chi connectivity index (χ0) is 16.4. The molecule has 0 aliphatic carbocycles. The van der Waals surface area contributed by atoms with Gasteiger partial charge in [-0.3, -0.25) is 0 Å². The maximum atomic E-state index is 11.8. The fourth-order valence-corrected chi connectivity index (χ4v) is 3.13. The fourth-order valence-electron chi connectivity index (χ4n) is 2.14. The number of sulfone groups is 1.